The van der Waals surface area contributed by atoms with Crippen LogP contribution in [0.5, 0.6) is 0 Å². The number of halogens is 1. The first-order valence-electron chi connectivity index (χ1n) is 8.25. The molecule has 1 unspecified atom stereocenters. The molecule has 0 spiro atoms. The van der Waals surface area contributed by atoms with Gasteiger partial charge in [-0.25, -0.2) is 9.97 Å². The third-order valence-corrected chi connectivity index (χ3v) is 5.00. The SMILES string of the molecule is CCc1nc(Cl)c(C)c(N2CCN(CC3CCOC3)CC2)n1. The predicted molar refractivity (Wildman–Crippen MR) is 88.7 cm³/mol. The number of piperazine rings is 1. The average molecular weight is 325 g/mol. The van der Waals surface area contributed by atoms with E-state index < -0.39 is 0 Å². The van der Waals surface area contributed by atoms with Gasteiger partial charge in [-0.05, 0) is 19.3 Å². The maximum Gasteiger partial charge on any atom is 0.137 e. The number of hydrogen-bond donors (Lipinski definition) is 0. The molecule has 2 fully saturated rings. The molecule has 0 radical (unpaired) electrons. The molecule has 122 valence electrons. The Morgan fingerprint density at radius 1 is 1.23 bits per heavy atom. The van der Waals surface area contributed by atoms with Crippen molar-refractivity contribution >= 4 is 17.4 Å². The fourth-order valence-corrected chi connectivity index (χ4v) is 3.40. The van der Waals surface area contributed by atoms with Crippen molar-refractivity contribution in [3.8, 4) is 0 Å². The van der Waals surface area contributed by atoms with E-state index in [1.807, 2.05) is 6.92 Å². The molecule has 1 aromatic heterocycles. The standard InChI is InChI=1S/C16H25ClN4O/c1-3-14-18-15(17)12(2)16(19-14)21-7-5-20(6-8-21)10-13-4-9-22-11-13/h13H,3-11H2,1-2H3. The lowest BCUT2D eigenvalue weighted by Crippen LogP contribution is -2.48. The van der Waals surface area contributed by atoms with Crippen molar-refractivity contribution in [3.05, 3.63) is 16.5 Å². The fourth-order valence-electron chi connectivity index (χ4n) is 3.22. The van der Waals surface area contributed by atoms with E-state index in [1.165, 1.54) is 6.42 Å². The zero-order chi connectivity index (χ0) is 15.5. The molecule has 1 aromatic rings. The lowest BCUT2D eigenvalue weighted by Gasteiger charge is -2.37. The Morgan fingerprint density at radius 3 is 2.64 bits per heavy atom. The first-order chi connectivity index (χ1) is 10.7. The lowest BCUT2D eigenvalue weighted by atomic mass is 10.1. The van der Waals surface area contributed by atoms with E-state index in [2.05, 4.69) is 21.7 Å². The summed E-state index contributed by atoms with van der Waals surface area (Å²) in [5.41, 5.74) is 0.997. The summed E-state index contributed by atoms with van der Waals surface area (Å²) in [7, 11) is 0. The number of rotatable bonds is 4. The van der Waals surface area contributed by atoms with Crippen LogP contribution in [0.25, 0.3) is 0 Å². The van der Waals surface area contributed by atoms with Crippen LogP contribution >= 0.6 is 11.6 Å². The molecule has 0 aromatic carbocycles. The number of aryl methyl sites for hydroxylation is 1. The van der Waals surface area contributed by atoms with Gasteiger partial charge in [-0.2, -0.15) is 0 Å². The summed E-state index contributed by atoms with van der Waals surface area (Å²) in [6.45, 7) is 11.3. The molecule has 6 heteroatoms. The van der Waals surface area contributed by atoms with Crippen LogP contribution in [0.4, 0.5) is 5.82 Å². The van der Waals surface area contributed by atoms with Gasteiger partial charge in [0, 0.05) is 51.3 Å². The molecule has 3 heterocycles. The Kier molecular flexibility index (Phi) is 5.16. The zero-order valence-corrected chi connectivity index (χ0v) is 14.3. The van der Waals surface area contributed by atoms with Gasteiger partial charge in [0.2, 0.25) is 0 Å². The fraction of sp³-hybridized carbons (Fsp3) is 0.750. The van der Waals surface area contributed by atoms with Gasteiger partial charge < -0.3 is 9.64 Å². The molecule has 0 aliphatic carbocycles. The third-order valence-electron chi connectivity index (χ3n) is 4.64. The highest BCUT2D eigenvalue weighted by molar-refractivity contribution is 6.30. The van der Waals surface area contributed by atoms with Crippen LogP contribution in [-0.2, 0) is 11.2 Å². The zero-order valence-electron chi connectivity index (χ0n) is 13.5. The van der Waals surface area contributed by atoms with Gasteiger partial charge >= 0.3 is 0 Å². The molecular weight excluding hydrogens is 300 g/mol. The van der Waals surface area contributed by atoms with E-state index in [9.17, 15) is 0 Å². The normalized spacial score (nSPS) is 23.2. The van der Waals surface area contributed by atoms with Crippen molar-refractivity contribution in [1.29, 1.82) is 0 Å². The monoisotopic (exact) mass is 324 g/mol. The molecule has 2 saturated heterocycles. The predicted octanol–water partition coefficient (Wildman–Crippen LogP) is 2.16. The molecule has 0 N–H and O–H groups in total. The molecule has 0 saturated carbocycles. The van der Waals surface area contributed by atoms with Crippen molar-refractivity contribution < 1.29 is 4.74 Å². The highest BCUT2D eigenvalue weighted by Gasteiger charge is 2.24. The number of ether oxygens (including phenoxy) is 1. The van der Waals surface area contributed by atoms with Gasteiger partial charge in [-0.15, -0.1) is 0 Å². The molecule has 0 amide bonds. The smallest absolute Gasteiger partial charge is 0.137 e. The summed E-state index contributed by atoms with van der Waals surface area (Å²) in [6, 6.07) is 0. The quantitative estimate of drug-likeness (QED) is 0.794. The van der Waals surface area contributed by atoms with Crippen molar-refractivity contribution in [2.24, 2.45) is 5.92 Å². The minimum absolute atomic E-state index is 0.590. The van der Waals surface area contributed by atoms with Crippen molar-refractivity contribution in [2.45, 2.75) is 26.7 Å². The van der Waals surface area contributed by atoms with E-state index in [4.69, 9.17) is 21.3 Å². The average Bonchev–Trinajstić information content (AvgIpc) is 3.04. The summed E-state index contributed by atoms with van der Waals surface area (Å²) in [4.78, 5) is 13.9. The second kappa shape index (κ2) is 7.11. The summed E-state index contributed by atoms with van der Waals surface area (Å²) in [5, 5.41) is 0.590. The highest BCUT2D eigenvalue weighted by Crippen LogP contribution is 2.25. The topological polar surface area (TPSA) is 41.5 Å². The van der Waals surface area contributed by atoms with Crippen LogP contribution in [-0.4, -0.2) is 60.8 Å². The van der Waals surface area contributed by atoms with Crippen LogP contribution in [0.2, 0.25) is 5.15 Å². The maximum atomic E-state index is 6.26. The molecule has 22 heavy (non-hydrogen) atoms. The summed E-state index contributed by atoms with van der Waals surface area (Å²) >= 11 is 6.26. The second-order valence-corrected chi connectivity index (χ2v) is 6.61. The van der Waals surface area contributed by atoms with Crippen LogP contribution in [0.1, 0.15) is 24.7 Å². The molecule has 0 bridgehead atoms. The van der Waals surface area contributed by atoms with Crippen molar-refractivity contribution in [3.63, 3.8) is 0 Å². The van der Waals surface area contributed by atoms with Gasteiger partial charge in [0.1, 0.15) is 16.8 Å². The first kappa shape index (κ1) is 16.0. The van der Waals surface area contributed by atoms with Crippen molar-refractivity contribution in [2.75, 3.05) is 50.8 Å². The molecule has 2 aliphatic heterocycles. The number of nitrogens with zero attached hydrogens (tertiary/aromatic N) is 4. The lowest BCUT2D eigenvalue weighted by molar-refractivity contribution is 0.164. The Labute approximate surface area is 137 Å². The van der Waals surface area contributed by atoms with E-state index in [1.54, 1.807) is 0 Å². The molecule has 3 rings (SSSR count). The van der Waals surface area contributed by atoms with Gasteiger partial charge in [0.15, 0.2) is 0 Å². The molecular formula is C16H25ClN4O. The van der Waals surface area contributed by atoms with E-state index in [-0.39, 0.29) is 0 Å². The number of anilines is 1. The van der Waals surface area contributed by atoms with E-state index >= 15 is 0 Å². The van der Waals surface area contributed by atoms with E-state index in [0.717, 1.165) is 69.6 Å². The van der Waals surface area contributed by atoms with Crippen molar-refractivity contribution in [1.82, 2.24) is 14.9 Å². The van der Waals surface area contributed by atoms with Gasteiger partial charge in [-0.3, -0.25) is 4.90 Å². The van der Waals surface area contributed by atoms with Gasteiger partial charge in [0.25, 0.3) is 0 Å². The molecule has 5 nitrogen and oxygen atoms in total. The van der Waals surface area contributed by atoms with Gasteiger partial charge in [-0.1, -0.05) is 18.5 Å². The van der Waals surface area contributed by atoms with Crippen LogP contribution in [0.15, 0.2) is 0 Å². The summed E-state index contributed by atoms with van der Waals surface area (Å²) in [6.07, 6.45) is 2.02. The van der Waals surface area contributed by atoms with E-state index in [0.29, 0.717) is 11.1 Å². The molecule has 1 atom stereocenters. The van der Waals surface area contributed by atoms with Crippen LogP contribution in [0.3, 0.4) is 0 Å². The Balaban J connectivity index is 1.62. The Bertz CT molecular complexity index is 511. The van der Waals surface area contributed by atoms with Gasteiger partial charge in [0.05, 0.1) is 6.61 Å². The summed E-state index contributed by atoms with van der Waals surface area (Å²) in [5.74, 6) is 2.56. The maximum absolute atomic E-state index is 6.26. The van der Waals surface area contributed by atoms with Crippen LogP contribution < -0.4 is 4.90 Å². The third kappa shape index (κ3) is 3.53. The minimum Gasteiger partial charge on any atom is -0.381 e. The highest BCUT2D eigenvalue weighted by atomic mass is 35.5. The number of hydrogen-bond acceptors (Lipinski definition) is 5. The second-order valence-electron chi connectivity index (χ2n) is 6.25. The number of aromatic nitrogens is 2. The minimum atomic E-state index is 0.590. The first-order valence-corrected chi connectivity index (χ1v) is 8.63. The summed E-state index contributed by atoms with van der Waals surface area (Å²) < 4.78 is 5.47. The molecule has 2 aliphatic rings. The Hall–Kier alpha value is -0.910. The van der Waals surface area contributed by atoms with Crippen LogP contribution in [0, 0.1) is 12.8 Å². The Morgan fingerprint density at radius 2 is 2.00 bits per heavy atom. The largest absolute Gasteiger partial charge is 0.381 e.